The largest absolute Gasteiger partial charge is 0.303 e. The lowest BCUT2D eigenvalue weighted by Gasteiger charge is -2.41. The zero-order chi connectivity index (χ0) is 23.0. The molecular formula is C30H33ClN2S. The van der Waals surface area contributed by atoms with Crippen LogP contribution in [-0.2, 0) is 12.0 Å². The smallest absolute Gasteiger partial charge is 0.0408 e. The molecule has 176 valence electrons. The van der Waals surface area contributed by atoms with Gasteiger partial charge in [0.15, 0.2) is 0 Å². The fourth-order valence-corrected chi connectivity index (χ4v) is 8.15. The van der Waals surface area contributed by atoms with Crippen LogP contribution in [-0.4, -0.2) is 48.3 Å². The van der Waals surface area contributed by atoms with Crippen LogP contribution in [0.2, 0.25) is 5.02 Å². The SMILES string of the molecule is Clc1cccc([C@H]2CN(Cc3ccccc3)C[C@@H]2CN2CCC3(CC2)CSc2ccccc23)c1. The van der Waals surface area contributed by atoms with Crippen LogP contribution in [0, 0.1) is 5.92 Å². The van der Waals surface area contributed by atoms with Gasteiger partial charge in [0.2, 0.25) is 0 Å². The van der Waals surface area contributed by atoms with Gasteiger partial charge >= 0.3 is 0 Å². The Hall–Kier alpha value is -1.78. The number of thioether (sulfide) groups is 1. The molecule has 0 saturated carbocycles. The fourth-order valence-electron chi connectivity index (χ4n) is 6.46. The number of fused-ring (bicyclic) bond motifs is 2. The molecule has 0 bridgehead atoms. The van der Waals surface area contributed by atoms with Gasteiger partial charge in [0.05, 0.1) is 0 Å². The predicted molar refractivity (Wildman–Crippen MR) is 144 cm³/mol. The topological polar surface area (TPSA) is 6.48 Å². The number of halogens is 1. The standard InChI is InChI=1S/C30H33ClN2S/c31-26-10-6-9-24(17-26)27-21-33(18-23-7-2-1-3-8-23)20-25(27)19-32-15-13-30(14-16-32)22-34-29-12-5-4-11-28(29)30/h1-12,17,25,27H,13-16,18-22H2/t25-,27+/m0/s1. The lowest BCUT2D eigenvalue weighted by atomic mass is 9.74. The highest BCUT2D eigenvalue weighted by Crippen LogP contribution is 2.49. The third kappa shape index (κ3) is 4.56. The maximum absolute atomic E-state index is 6.41. The summed E-state index contributed by atoms with van der Waals surface area (Å²) in [5.74, 6) is 2.45. The highest BCUT2D eigenvalue weighted by Gasteiger charge is 2.43. The van der Waals surface area contributed by atoms with E-state index in [1.54, 1.807) is 5.56 Å². The molecule has 6 rings (SSSR count). The molecule has 0 aliphatic carbocycles. The Labute approximate surface area is 213 Å². The first-order chi connectivity index (χ1) is 16.7. The van der Waals surface area contributed by atoms with E-state index in [4.69, 9.17) is 11.6 Å². The average Bonchev–Trinajstić information content (AvgIpc) is 3.43. The Morgan fingerprint density at radius 3 is 2.47 bits per heavy atom. The summed E-state index contributed by atoms with van der Waals surface area (Å²) in [6.07, 6.45) is 2.58. The van der Waals surface area contributed by atoms with Crippen LogP contribution in [0.25, 0.3) is 0 Å². The van der Waals surface area contributed by atoms with Crippen molar-refractivity contribution in [2.45, 2.75) is 35.6 Å². The summed E-state index contributed by atoms with van der Waals surface area (Å²) >= 11 is 8.48. The van der Waals surface area contributed by atoms with Crippen molar-refractivity contribution < 1.29 is 0 Å². The number of rotatable bonds is 5. The van der Waals surface area contributed by atoms with Crippen molar-refractivity contribution in [2.24, 2.45) is 5.92 Å². The fraction of sp³-hybridized carbons (Fsp3) is 0.400. The minimum absolute atomic E-state index is 0.402. The van der Waals surface area contributed by atoms with Crippen LogP contribution in [0.3, 0.4) is 0 Å². The maximum atomic E-state index is 6.41. The van der Waals surface area contributed by atoms with Crippen molar-refractivity contribution in [2.75, 3.05) is 38.5 Å². The molecule has 0 unspecified atom stereocenters. The van der Waals surface area contributed by atoms with E-state index in [0.29, 0.717) is 17.3 Å². The number of piperidine rings is 1. The van der Waals surface area contributed by atoms with E-state index in [9.17, 15) is 0 Å². The van der Waals surface area contributed by atoms with E-state index in [-0.39, 0.29) is 0 Å². The second kappa shape index (κ2) is 9.70. The molecule has 4 heteroatoms. The molecule has 2 fully saturated rings. The summed E-state index contributed by atoms with van der Waals surface area (Å²) in [7, 11) is 0. The van der Waals surface area contributed by atoms with Crippen LogP contribution < -0.4 is 0 Å². The number of hydrogen-bond acceptors (Lipinski definition) is 3. The highest BCUT2D eigenvalue weighted by atomic mass is 35.5. The van der Waals surface area contributed by atoms with Gasteiger partial charge in [-0.1, -0.05) is 72.3 Å². The third-order valence-corrected chi connectivity index (χ3v) is 9.91. The number of hydrogen-bond donors (Lipinski definition) is 0. The van der Waals surface area contributed by atoms with Crippen LogP contribution >= 0.6 is 23.4 Å². The summed E-state index contributed by atoms with van der Waals surface area (Å²) < 4.78 is 0. The number of nitrogens with zero attached hydrogens (tertiary/aromatic N) is 2. The molecule has 34 heavy (non-hydrogen) atoms. The Morgan fingerprint density at radius 1 is 0.853 bits per heavy atom. The van der Waals surface area contributed by atoms with Gasteiger partial charge in [-0.2, -0.15) is 0 Å². The molecule has 3 aromatic rings. The van der Waals surface area contributed by atoms with E-state index in [1.807, 2.05) is 6.07 Å². The first-order valence-corrected chi connectivity index (χ1v) is 14.0. The molecule has 0 N–H and O–H groups in total. The van der Waals surface area contributed by atoms with Crippen LogP contribution in [0.1, 0.15) is 35.4 Å². The van der Waals surface area contributed by atoms with Gasteiger partial charge in [-0.25, -0.2) is 0 Å². The Balaban J connectivity index is 1.16. The van der Waals surface area contributed by atoms with Gasteiger partial charge in [-0.3, -0.25) is 4.90 Å². The molecular weight excluding hydrogens is 456 g/mol. The first-order valence-electron chi connectivity index (χ1n) is 12.6. The van der Waals surface area contributed by atoms with E-state index in [2.05, 4.69) is 94.4 Å². The van der Waals surface area contributed by atoms with Crippen LogP contribution in [0.5, 0.6) is 0 Å². The number of likely N-dealkylation sites (tertiary alicyclic amines) is 2. The average molecular weight is 489 g/mol. The summed E-state index contributed by atoms with van der Waals surface area (Å²) in [4.78, 5) is 6.93. The van der Waals surface area contributed by atoms with Crippen molar-refractivity contribution in [1.29, 1.82) is 0 Å². The molecule has 0 amide bonds. The highest BCUT2D eigenvalue weighted by molar-refractivity contribution is 7.99. The summed E-state index contributed by atoms with van der Waals surface area (Å²) in [5, 5.41) is 0.857. The normalized spacial score (nSPS) is 24.5. The Kier molecular flexibility index (Phi) is 6.47. The van der Waals surface area contributed by atoms with Crippen molar-refractivity contribution in [1.82, 2.24) is 9.80 Å². The van der Waals surface area contributed by atoms with Crippen molar-refractivity contribution in [3.05, 3.63) is 101 Å². The van der Waals surface area contributed by atoms with Gasteiger partial charge in [-0.05, 0) is 66.7 Å². The molecule has 1 spiro atoms. The summed E-state index contributed by atoms with van der Waals surface area (Å²) in [5.41, 5.74) is 4.83. The van der Waals surface area contributed by atoms with E-state index in [0.717, 1.165) is 24.7 Å². The minimum Gasteiger partial charge on any atom is -0.303 e. The summed E-state index contributed by atoms with van der Waals surface area (Å²) in [6, 6.07) is 28.6. The zero-order valence-electron chi connectivity index (χ0n) is 19.7. The quantitative estimate of drug-likeness (QED) is 0.394. The molecule has 3 aliphatic rings. The Bertz CT molecular complexity index is 1130. The molecule has 0 aromatic heterocycles. The molecule has 2 atom stereocenters. The molecule has 3 heterocycles. The maximum Gasteiger partial charge on any atom is 0.0408 e. The number of benzene rings is 3. The van der Waals surface area contributed by atoms with Crippen molar-refractivity contribution in [3.8, 4) is 0 Å². The van der Waals surface area contributed by atoms with E-state index in [1.165, 1.54) is 54.3 Å². The van der Waals surface area contributed by atoms with Gasteiger partial charge < -0.3 is 4.90 Å². The first kappa shape index (κ1) is 22.7. The molecule has 2 saturated heterocycles. The van der Waals surface area contributed by atoms with E-state index < -0.39 is 0 Å². The zero-order valence-corrected chi connectivity index (χ0v) is 21.3. The molecule has 3 aromatic carbocycles. The van der Waals surface area contributed by atoms with E-state index >= 15 is 0 Å². The van der Waals surface area contributed by atoms with Gasteiger partial charge in [-0.15, -0.1) is 11.8 Å². The third-order valence-electron chi connectivity index (χ3n) is 8.31. The molecule has 2 nitrogen and oxygen atoms in total. The summed E-state index contributed by atoms with van der Waals surface area (Å²) in [6.45, 7) is 6.92. The lowest BCUT2D eigenvalue weighted by molar-refractivity contribution is 0.146. The Morgan fingerprint density at radius 2 is 1.65 bits per heavy atom. The molecule has 0 radical (unpaired) electrons. The van der Waals surface area contributed by atoms with Gasteiger partial charge in [0, 0.05) is 53.2 Å². The van der Waals surface area contributed by atoms with Gasteiger partial charge in [0.1, 0.15) is 0 Å². The lowest BCUT2D eigenvalue weighted by Crippen LogP contribution is -2.45. The second-order valence-corrected chi connectivity index (χ2v) is 11.9. The minimum atomic E-state index is 0.402. The van der Waals surface area contributed by atoms with Crippen molar-refractivity contribution >= 4 is 23.4 Å². The van der Waals surface area contributed by atoms with Gasteiger partial charge in [0.25, 0.3) is 0 Å². The van der Waals surface area contributed by atoms with Crippen LogP contribution in [0.15, 0.2) is 83.8 Å². The monoisotopic (exact) mass is 488 g/mol. The second-order valence-electron chi connectivity index (χ2n) is 10.5. The van der Waals surface area contributed by atoms with Crippen molar-refractivity contribution in [3.63, 3.8) is 0 Å². The molecule has 3 aliphatic heterocycles. The predicted octanol–water partition coefficient (Wildman–Crippen LogP) is 6.70. The van der Waals surface area contributed by atoms with Crippen LogP contribution in [0.4, 0.5) is 0 Å².